The highest BCUT2D eigenvalue weighted by molar-refractivity contribution is 8.04. The van der Waals surface area contributed by atoms with Crippen LogP contribution in [0.25, 0.3) is 0 Å². The van der Waals surface area contributed by atoms with Crippen LogP contribution in [0.3, 0.4) is 0 Å². The van der Waals surface area contributed by atoms with Crippen LogP contribution in [0.5, 0.6) is 0 Å². The van der Waals surface area contributed by atoms with Crippen LogP contribution in [0.2, 0.25) is 0 Å². The number of nitrogens with one attached hydrogen (secondary N) is 1. The van der Waals surface area contributed by atoms with Crippen LogP contribution in [0.4, 0.5) is 0 Å². The number of hydrogen-bond acceptors (Lipinski definition) is 4. The van der Waals surface area contributed by atoms with Gasteiger partial charge in [0.2, 0.25) is 10.0 Å². The molecule has 0 saturated heterocycles. The van der Waals surface area contributed by atoms with E-state index in [1.54, 1.807) is 29.3 Å². The van der Waals surface area contributed by atoms with Gasteiger partial charge in [0, 0.05) is 0 Å². The zero-order valence-electron chi connectivity index (χ0n) is 8.97. The molecular formula is C9H13NO4S2. The molecule has 0 amide bonds. The third-order valence-electron chi connectivity index (χ3n) is 2.00. The standard InChI is InChI=1S/C9H13NO4S2/c1-3-15(11,12)10-16(13,14)9-7-5-4-6-8(9)2/h4-7,10H,3H2,1-2H3. The van der Waals surface area contributed by atoms with Gasteiger partial charge in [0.05, 0.1) is 10.6 Å². The van der Waals surface area contributed by atoms with E-state index in [0.717, 1.165) is 0 Å². The second kappa shape index (κ2) is 4.52. The fourth-order valence-electron chi connectivity index (χ4n) is 1.13. The van der Waals surface area contributed by atoms with Gasteiger partial charge in [0.15, 0.2) is 0 Å². The zero-order chi connectivity index (χ0) is 12.4. The van der Waals surface area contributed by atoms with Gasteiger partial charge in [0.1, 0.15) is 0 Å². The third kappa shape index (κ3) is 3.03. The van der Waals surface area contributed by atoms with E-state index in [9.17, 15) is 16.8 Å². The molecule has 1 rings (SSSR count). The van der Waals surface area contributed by atoms with Crippen molar-refractivity contribution >= 4 is 20.0 Å². The number of sulfonamides is 2. The van der Waals surface area contributed by atoms with Gasteiger partial charge in [0.25, 0.3) is 10.0 Å². The topological polar surface area (TPSA) is 80.3 Å². The van der Waals surface area contributed by atoms with Crippen LogP contribution >= 0.6 is 0 Å². The fourth-order valence-corrected chi connectivity index (χ4v) is 4.05. The number of hydrogen-bond donors (Lipinski definition) is 1. The summed E-state index contributed by atoms with van der Waals surface area (Å²) in [4.78, 5) is -0.0213. The van der Waals surface area contributed by atoms with E-state index >= 15 is 0 Å². The van der Waals surface area contributed by atoms with Crippen molar-refractivity contribution in [1.29, 1.82) is 0 Å². The Bertz CT molecular complexity index is 575. The van der Waals surface area contributed by atoms with Crippen molar-refractivity contribution in [1.82, 2.24) is 4.13 Å². The normalized spacial score (nSPS) is 12.6. The maximum atomic E-state index is 11.7. The number of rotatable bonds is 4. The predicted molar refractivity (Wildman–Crippen MR) is 61.0 cm³/mol. The second-order valence-electron chi connectivity index (χ2n) is 3.26. The average molecular weight is 263 g/mol. The highest BCUT2D eigenvalue weighted by Crippen LogP contribution is 2.14. The maximum Gasteiger partial charge on any atom is 0.253 e. The molecule has 0 heterocycles. The first kappa shape index (κ1) is 13.1. The van der Waals surface area contributed by atoms with Gasteiger partial charge in [-0.2, -0.15) is 0 Å². The molecule has 0 saturated carbocycles. The van der Waals surface area contributed by atoms with E-state index in [-0.39, 0.29) is 10.6 Å². The van der Waals surface area contributed by atoms with E-state index in [2.05, 4.69) is 0 Å². The summed E-state index contributed by atoms with van der Waals surface area (Å²) in [6.07, 6.45) is 0. The van der Waals surface area contributed by atoms with Gasteiger partial charge in [-0.15, -0.1) is 4.13 Å². The van der Waals surface area contributed by atoms with Crippen molar-refractivity contribution < 1.29 is 16.8 Å². The molecule has 0 bridgehead atoms. The second-order valence-corrected chi connectivity index (χ2v) is 7.18. The quantitative estimate of drug-likeness (QED) is 0.863. The molecule has 5 nitrogen and oxygen atoms in total. The Morgan fingerprint density at radius 3 is 2.19 bits per heavy atom. The summed E-state index contributed by atoms with van der Waals surface area (Å²) in [6, 6.07) is 6.19. The average Bonchev–Trinajstić information content (AvgIpc) is 2.16. The first-order valence-corrected chi connectivity index (χ1v) is 7.74. The van der Waals surface area contributed by atoms with Crippen molar-refractivity contribution in [2.45, 2.75) is 18.7 Å². The predicted octanol–water partition coefficient (Wildman–Crippen LogP) is 0.623. The van der Waals surface area contributed by atoms with Crippen LogP contribution in [-0.4, -0.2) is 22.6 Å². The highest BCUT2D eigenvalue weighted by atomic mass is 32.3. The van der Waals surface area contributed by atoms with Crippen molar-refractivity contribution in [3.8, 4) is 0 Å². The Labute approximate surface area is 95.6 Å². The van der Waals surface area contributed by atoms with Gasteiger partial charge < -0.3 is 0 Å². The molecule has 1 aromatic rings. The Hall–Kier alpha value is -0.920. The molecule has 0 spiro atoms. The summed E-state index contributed by atoms with van der Waals surface area (Å²) in [5, 5.41) is 0. The summed E-state index contributed by atoms with van der Waals surface area (Å²) >= 11 is 0. The lowest BCUT2D eigenvalue weighted by molar-refractivity contribution is 0.577. The Kier molecular flexibility index (Phi) is 3.72. The van der Waals surface area contributed by atoms with Gasteiger partial charge in [-0.3, -0.25) is 0 Å². The maximum absolute atomic E-state index is 11.7. The molecule has 0 unspecified atom stereocenters. The third-order valence-corrected chi connectivity index (χ3v) is 5.69. The number of aryl methyl sites for hydroxylation is 1. The molecule has 1 aromatic carbocycles. The molecule has 90 valence electrons. The van der Waals surface area contributed by atoms with E-state index in [0.29, 0.717) is 5.56 Å². The molecule has 0 radical (unpaired) electrons. The lowest BCUT2D eigenvalue weighted by Crippen LogP contribution is -2.32. The molecule has 0 aliphatic carbocycles. The van der Waals surface area contributed by atoms with Crippen LogP contribution in [0.1, 0.15) is 12.5 Å². The van der Waals surface area contributed by atoms with Crippen LogP contribution in [0.15, 0.2) is 29.2 Å². The molecule has 0 aliphatic rings. The molecular weight excluding hydrogens is 250 g/mol. The Morgan fingerprint density at radius 1 is 1.12 bits per heavy atom. The first-order valence-electron chi connectivity index (χ1n) is 4.60. The van der Waals surface area contributed by atoms with Crippen molar-refractivity contribution in [2.75, 3.05) is 5.75 Å². The minimum atomic E-state index is -4.00. The summed E-state index contributed by atoms with van der Waals surface area (Å²) in [7, 11) is -7.78. The van der Waals surface area contributed by atoms with Gasteiger partial charge in [-0.05, 0) is 25.5 Å². The van der Waals surface area contributed by atoms with E-state index in [1.807, 2.05) is 0 Å². The smallest absolute Gasteiger partial charge is 0.211 e. The van der Waals surface area contributed by atoms with Crippen molar-refractivity contribution in [3.05, 3.63) is 29.8 Å². The summed E-state index contributed by atoms with van der Waals surface area (Å²) < 4.78 is 47.6. The summed E-state index contributed by atoms with van der Waals surface area (Å²) in [5.41, 5.74) is 0.501. The number of benzene rings is 1. The Balaban J connectivity index is 3.20. The van der Waals surface area contributed by atoms with E-state index in [4.69, 9.17) is 0 Å². The van der Waals surface area contributed by atoms with Gasteiger partial charge in [-0.25, -0.2) is 16.8 Å². The monoisotopic (exact) mass is 263 g/mol. The molecule has 0 fully saturated rings. The minimum absolute atomic E-state index is 0.0213. The molecule has 0 aromatic heterocycles. The van der Waals surface area contributed by atoms with Crippen LogP contribution < -0.4 is 4.13 Å². The van der Waals surface area contributed by atoms with Crippen molar-refractivity contribution in [2.24, 2.45) is 0 Å². The van der Waals surface area contributed by atoms with Gasteiger partial charge in [-0.1, -0.05) is 18.2 Å². The van der Waals surface area contributed by atoms with Crippen LogP contribution in [-0.2, 0) is 20.0 Å². The lowest BCUT2D eigenvalue weighted by atomic mass is 10.2. The summed E-state index contributed by atoms with van der Waals surface area (Å²) in [5.74, 6) is -0.280. The molecule has 0 atom stereocenters. The molecule has 16 heavy (non-hydrogen) atoms. The van der Waals surface area contributed by atoms with Gasteiger partial charge >= 0.3 is 0 Å². The van der Waals surface area contributed by atoms with E-state index in [1.165, 1.54) is 13.0 Å². The van der Waals surface area contributed by atoms with Crippen LogP contribution in [0, 0.1) is 6.92 Å². The zero-order valence-corrected chi connectivity index (χ0v) is 10.6. The minimum Gasteiger partial charge on any atom is -0.211 e. The molecule has 0 aliphatic heterocycles. The largest absolute Gasteiger partial charge is 0.253 e. The lowest BCUT2D eigenvalue weighted by Gasteiger charge is -2.08. The SMILES string of the molecule is CCS(=O)(=O)NS(=O)(=O)c1ccccc1C. The summed E-state index contributed by atoms with van der Waals surface area (Å²) in [6.45, 7) is 2.98. The molecule has 7 heteroatoms. The molecule has 1 N–H and O–H groups in total. The van der Waals surface area contributed by atoms with Crippen molar-refractivity contribution in [3.63, 3.8) is 0 Å². The Morgan fingerprint density at radius 2 is 1.69 bits per heavy atom. The first-order chi connectivity index (χ1) is 7.28. The fraction of sp³-hybridized carbons (Fsp3) is 0.333. The van der Waals surface area contributed by atoms with E-state index < -0.39 is 20.0 Å². The highest BCUT2D eigenvalue weighted by Gasteiger charge is 2.22.